The summed E-state index contributed by atoms with van der Waals surface area (Å²) in [7, 11) is 0. The van der Waals surface area contributed by atoms with Gasteiger partial charge in [-0.1, -0.05) is 0 Å². The summed E-state index contributed by atoms with van der Waals surface area (Å²) in [6.45, 7) is 4.33. The fourth-order valence-electron chi connectivity index (χ4n) is 1.42. The number of aliphatic hydroxyl groups is 1. The van der Waals surface area contributed by atoms with Gasteiger partial charge in [0.2, 0.25) is 0 Å². The molecule has 7 heteroatoms. The summed E-state index contributed by atoms with van der Waals surface area (Å²) in [5.41, 5.74) is -0.618. The Bertz CT molecular complexity index is 302. The molecule has 1 heterocycles. The highest BCUT2D eigenvalue weighted by Gasteiger charge is 2.31. The van der Waals surface area contributed by atoms with E-state index in [1.165, 1.54) is 18.7 Å². The number of nitrogens with one attached hydrogen (secondary N) is 2. The summed E-state index contributed by atoms with van der Waals surface area (Å²) in [5.74, 6) is -0.313. The number of carbonyl (C=O) groups excluding carboxylic acids is 1. The monoisotopic (exact) mass is 290 g/mol. The van der Waals surface area contributed by atoms with Crippen LogP contribution in [0.25, 0.3) is 0 Å². The van der Waals surface area contributed by atoms with Gasteiger partial charge in [0.05, 0.1) is 6.04 Å². The van der Waals surface area contributed by atoms with Gasteiger partial charge in [0.15, 0.2) is 5.11 Å². The zero-order chi connectivity index (χ0) is 13.5. The van der Waals surface area contributed by atoms with E-state index in [0.717, 1.165) is 6.54 Å². The lowest BCUT2D eigenvalue weighted by molar-refractivity contribution is -0.140. The highest BCUT2D eigenvalue weighted by Crippen LogP contribution is 2.29. The number of rotatable bonds is 4. The maximum Gasteiger partial charge on any atom is 0.302 e. The number of esters is 1. The molecule has 0 unspecified atom stereocenters. The second kappa shape index (κ2) is 7.81. The first-order valence-electron chi connectivity index (χ1n) is 5.72. The molecule has 5 nitrogen and oxygen atoms in total. The molecular weight excluding hydrogens is 272 g/mol. The molecule has 1 saturated heterocycles. The molecule has 1 fully saturated rings. The highest BCUT2D eigenvalue weighted by molar-refractivity contribution is 8.00. The molecule has 1 aliphatic heterocycles. The second-order valence-electron chi connectivity index (χ2n) is 3.78. The van der Waals surface area contributed by atoms with Crippen molar-refractivity contribution in [3.63, 3.8) is 0 Å². The summed E-state index contributed by atoms with van der Waals surface area (Å²) in [6, 6.07) is -0.227. The molecule has 0 aliphatic carbocycles. The van der Waals surface area contributed by atoms with Crippen molar-refractivity contribution in [3.05, 3.63) is 12.8 Å². The fraction of sp³-hybridized carbons (Fsp3) is 0.636. The number of hydrogen-bond donors (Lipinski definition) is 3. The average molecular weight is 290 g/mol. The Morgan fingerprint density at radius 2 is 2.28 bits per heavy atom. The fourth-order valence-corrected chi connectivity index (χ4v) is 2.72. The van der Waals surface area contributed by atoms with Crippen LogP contribution in [0.15, 0.2) is 0 Å². The van der Waals surface area contributed by atoms with Crippen LogP contribution in [-0.2, 0) is 9.53 Å². The molecule has 18 heavy (non-hydrogen) atoms. The zero-order valence-electron chi connectivity index (χ0n) is 10.4. The van der Waals surface area contributed by atoms with Gasteiger partial charge in [-0.25, -0.2) is 0 Å². The highest BCUT2D eigenvalue weighted by atomic mass is 32.2. The lowest BCUT2D eigenvalue weighted by atomic mass is 10.1. The van der Waals surface area contributed by atoms with Crippen molar-refractivity contribution >= 4 is 35.1 Å². The van der Waals surface area contributed by atoms with Gasteiger partial charge >= 0.3 is 5.97 Å². The number of thioether (sulfide) groups is 1. The SMILES string of the molecule is CCNC(=S)N[C@@H]1[CH][CH][C@H](COC(C)=O)S[C@@H]1O. The Labute approximate surface area is 117 Å². The third-order valence-electron chi connectivity index (χ3n) is 2.24. The molecule has 0 aromatic carbocycles. The van der Waals surface area contributed by atoms with Crippen molar-refractivity contribution in [1.29, 1.82) is 0 Å². The molecule has 0 amide bonds. The zero-order valence-corrected chi connectivity index (χ0v) is 12.0. The number of aliphatic hydroxyl groups excluding tert-OH is 1. The number of carbonyl (C=O) groups is 1. The Morgan fingerprint density at radius 1 is 1.56 bits per heavy atom. The van der Waals surface area contributed by atoms with Gasteiger partial charge < -0.3 is 20.5 Å². The lowest BCUT2D eigenvalue weighted by Gasteiger charge is -2.33. The first-order chi connectivity index (χ1) is 8.52. The minimum Gasteiger partial charge on any atom is -0.465 e. The molecule has 0 aromatic heterocycles. The van der Waals surface area contributed by atoms with Gasteiger partial charge in [-0.2, -0.15) is 0 Å². The van der Waals surface area contributed by atoms with Crippen molar-refractivity contribution < 1.29 is 14.6 Å². The molecule has 102 valence electrons. The quantitative estimate of drug-likeness (QED) is 0.506. The Balaban J connectivity index is 2.32. The van der Waals surface area contributed by atoms with E-state index in [9.17, 15) is 9.90 Å². The standard InChI is InChI=1S/C11H18N2O3S2/c1-3-12-11(17)13-9-5-4-8(18-10(9)15)6-16-7(2)14/h4-5,8-10,15H,3,6H2,1-2H3,(H2,12,13,17)/t8-,9-,10+/m1/s1. The largest absolute Gasteiger partial charge is 0.465 e. The van der Waals surface area contributed by atoms with Gasteiger partial charge in [-0.05, 0) is 32.0 Å². The maximum atomic E-state index is 10.7. The third-order valence-corrected chi connectivity index (χ3v) is 3.72. The van der Waals surface area contributed by atoms with E-state index in [2.05, 4.69) is 10.6 Å². The Hall–Kier alpha value is -0.530. The molecule has 0 saturated carbocycles. The molecule has 1 rings (SSSR count). The molecule has 1 aliphatic rings. The summed E-state index contributed by atoms with van der Waals surface area (Å²) in [4.78, 5) is 10.7. The minimum absolute atomic E-state index is 0.0188. The number of thiocarbonyl (C=S) groups is 1. The van der Waals surface area contributed by atoms with Gasteiger partial charge in [-0.15, -0.1) is 11.8 Å². The first kappa shape index (κ1) is 15.5. The van der Waals surface area contributed by atoms with Gasteiger partial charge in [0.1, 0.15) is 12.0 Å². The molecule has 0 spiro atoms. The minimum atomic E-state index is -0.618. The van der Waals surface area contributed by atoms with E-state index in [-0.39, 0.29) is 23.9 Å². The van der Waals surface area contributed by atoms with Crippen LogP contribution in [0.3, 0.4) is 0 Å². The summed E-state index contributed by atoms with van der Waals surface area (Å²) in [6.07, 6.45) is 3.76. The van der Waals surface area contributed by atoms with Crippen LogP contribution in [-0.4, -0.2) is 46.1 Å². The normalized spacial score (nSPS) is 27.4. The van der Waals surface area contributed by atoms with Crippen LogP contribution in [0.5, 0.6) is 0 Å². The van der Waals surface area contributed by atoms with Crippen LogP contribution >= 0.6 is 24.0 Å². The average Bonchev–Trinajstić information content (AvgIpc) is 2.30. The van der Waals surface area contributed by atoms with Crippen LogP contribution < -0.4 is 10.6 Å². The van der Waals surface area contributed by atoms with Gasteiger partial charge in [0, 0.05) is 18.7 Å². The van der Waals surface area contributed by atoms with E-state index in [1.807, 2.05) is 19.8 Å². The molecular formula is C11H18N2O3S2. The summed E-state index contributed by atoms with van der Waals surface area (Å²) < 4.78 is 4.90. The van der Waals surface area contributed by atoms with Crippen LogP contribution in [0.4, 0.5) is 0 Å². The van der Waals surface area contributed by atoms with Crippen molar-refractivity contribution in [1.82, 2.24) is 10.6 Å². The first-order valence-corrected chi connectivity index (χ1v) is 7.07. The third kappa shape index (κ3) is 5.41. The topological polar surface area (TPSA) is 70.6 Å². The van der Waals surface area contributed by atoms with Crippen molar-refractivity contribution in [2.24, 2.45) is 0 Å². The van der Waals surface area contributed by atoms with Crippen molar-refractivity contribution in [2.75, 3.05) is 13.2 Å². The Morgan fingerprint density at radius 3 is 2.83 bits per heavy atom. The van der Waals surface area contributed by atoms with E-state index in [0.29, 0.717) is 5.11 Å². The lowest BCUT2D eigenvalue weighted by Crippen LogP contribution is -2.49. The predicted molar refractivity (Wildman–Crippen MR) is 75.8 cm³/mol. The van der Waals surface area contributed by atoms with Gasteiger partial charge in [0.25, 0.3) is 0 Å². The number of ether oxygens (including phenoxy) is 1. The van der Waals surface area contributed by atoms with Crippen LogP contribution in [0.2, 0.25) is 0 Å². The second-order valence-corrected chi connectivity index (χ2v) is 5.55. The van der Waals surface area contributed by atoms with E-state index >= 15 is 0 Å². The summed E-state index contributed by atoms with van der Waals surface area (Å²) in [5, 5.41) is 16.4. The molecule has 3 atom stereocenters. The molecule has 2 radical (unpaired) electrons. The smallest absolute Gasteiger partial charge is 0.302 e. The summed E-state index contributed by atoms with van der Waals surface area (Å²) >= 11 is 6.39. The Kier molecular flexibility index (Phi) is 6.73. The van der Waals surface area contributed by atoms with E-state index in [1.54, 1.807) is 0 Å². The number of hydrogen-bond acceptors (Lipinski definition) is 5. The molecule has 0 bridgehead atoms. The maximum absolute atomic E-state index is 10.7. The molecule has 0 aromatic rings. The van der Waals surface area contributed by atoms with Crippen LogP contribution in [0, 0.1) is 12.8 Å². The van der Waals surface area contributed by atoms with Crippen molar-refractivity contribution in [3.8, 4) is 0 Å². The molecule has 3 N–H and O–H groups in total. The van der Waals surface area contributed by atoms with E-state index in [4.69, 9.17) is 17.0 Å². The predicted octanol–water partition coefficient (Wildman–Crippen LogP) is 0.244. The van der Waals surface area contributed by atoms with Crippen LogP contribution in [0.1, 0.15) is 13.8 Å². The van der Waals surface area contributed by atoms with Gasteiger partial charge in [-0.3, -0.25) is 4.79 Å². The van der Waals surface area contributed by atoms with Crippen molar-refractivity contribution in [2.45, 2.75) is 30.6 Å². The van der Waals surface area contributed by atoms with E-state index < -0.39 is 5.44 Å².